The van der Waals surface area contributed by atoms with Crippen molar-refractivity contribution in [3.63, 3.8) is 0 Å². The molecule has 1 unspecified atom stereocenters. The van der Waals surface area contributed by atoms with Crippen molar-refractivity contribution in [2.75, 3.05) is 0 Å². The highest BCUT2D eigenvalue weighted by molar-refractivity contribution is 7.09. The van der Waals surface area contributed by atoms with Gasteiger partial charge in [0.25, 0.3) is 0 Å². The van der Waals surface area contributed by atoms with E-state index in [2.05, 4.69) is 50.0 Å². The summed E-state index contributed by atoms with van der Waals surface area (Å²) in [6.45, 7) is 6.61. The summed E-state index contributed by atoms with van der Waals surface area (Å²) in [6, 6.07) is 8.50. The van der Waals surface area contributed by atoms with E-state index in [1.165, 1.54) is 16.9 Å². The Morgan fingerprint density at radius 3 is 2.39 bits per heavy atom. The van der Waals surface area contributed by atoms with E-state index in [0.717, 1.165) is 10.4 Å². The van der Waals surface area contributed by atoms with E-state index in [4.69, 9.17) is 0 Å². The summed E-state index contributed by atoms with van der Waals surface area (Å²) in [5, 5.41) is 10.1. The minimum Gasteiger partial charge on any atom is -0.387 e. The van der Waals surface area contributed by atoms with Crippen LogP contribution in [-0.4, -0.2) is 10.1 Å². The van der Waals surface area contributed by atoms with Crippen LogP contribution >= 0.6 is 11.3 Å². The van der Waals surface area contributed by atoms with Crippen molar-refractivity contribution < 1.29 is 5.11 Å². The average Bonchev–Trinajstić information content (AvgIpc) is 2.82. The van der Waals surface area contributed by atoms with Crippen molar-refractivity contribution in [3.05, 3.63) is 52.0 Å². The number of hydrogen-bond acceptors (Lipinski definition) is 3. The number of aromatic nitrogens is 1. The van der Waals surface area contributed by atoms with Crippen molar-refractivity contribution in [2.45, 2.75) is 38.7 Å². The molecular weight excluding hydrogens is 242 g/mol. The van der Waals surface area contributed by atoms with Crippen LogP contribution in [0.1, 0.15) is 42.9 Å². The van der Waals surface area contributed by atoms with Crippen molar-refractivity contribution >= 4 is 11.3 Å². The van der Waals surface area contributed by atoms with Gasteiger partial charge in [-0.2, -0.15) is 0 Å². The summed E-state index contributed by atoms with van der Waals surface area (Å²) >= 11 is 1.50. The Balaban J connectivity index is 2.07. The van der Waals surface area contributed by atoms with Gasteiger partial charge in [-0.1, -0.05) is 45.0 Å². The van der Waals surface area contributed by atoms with Crippen molar-refractivity contribution in [1.29, 1.82) is 0 Å². The summed E-state index contributed by atoms with van der Waals surface area (Å²) in [4.78, 5) is 4.92. The lowest BCUT2D eigenvalue weighted by Crippen LogP contribution is -2.11. The lowest BCUT2D eigenvalue weighted by atomic mass is 9.86. The second-order valence-corrected chi connectivity index (χ2v) is 6.49. The quantitative estimate of drug-likeness (QED) is 0.913. The van der Waals surface area contributed by atoms with Gasteiger partial charge in [0.1, 0.15) is 0 Å². The Labute approximate surface area is 112 Å². The number of rotatable bonds is 3. The van der Waals surface area contributed by atoms with Gasteiger partial charge in [-0.3, -0.25) is 4.98 Å². The van der Waals surface area contributed by atoms with Crippen LogP contribution in [0.25, 0.3) is 0 Å². The van der Waals surface area contributed by atoms with Gasteiger partial charge in [0.15, 0.2) is 0 Å². The lowest BCUT2D eigenvalue weighted by Gasteiger charge is -2.19. The van der Waals surface area contributed by atoms with E-state index in [0.29, 0.717) is 6.42 Å². The van der Waals surface area contributed by atoms with Gasteiger partial charge in [0.05, 0.1) is 16.5 Å². The van der Waals surface area contributed by atoms with Crippen LogP contribution in [0.4, 0.5) is 0 Å². The van der Waals surface area contributed by atoms with Gasteiger partial charge in [0, 0.05) is 12.6 Å². The number of aliphatic hydroxyl groups is 1. The van der Waals surface area contributed by atoms with Crippen LogP contribution in [0.5, 0.6) is 0 Å². The van der Waals surface area contributed by atoms with Crippen LogP contribution in [0.2, 0.25) is 0 Å². The maximum absolute atomic E-state index is 10.1. The first-order valence-electron chi connectivity index (χ1n) is 6.12. The van der Waals surface area contributed by atoms with E-state index < -0.39 is 6.10 Å². The molecule has 0 saturated heterocycles. The molecule has 0 aliphatic carbocycles. The van der Waals surface area contributed by atoms with E-state index in [-0.39, 0.29) is 5.41 Å². The molecule has 0 aliphatic heterocycles. The fourth-order valence-electron chi connectivity index (χ4n) is 1.85. The highest BCUT2D eigenvalue weighted by Gasteiger charge is 2.14. The maximum atomic E-state index is 10.1. The third-order valence-electron chi connectivity index (χ3n) is 3.03. The molecule has 0 fully saturated rings. The van der Waals surface area contributed by atoms with E-state index in [1.807, 2.05) is 0 Å². The fourth-order valence-corrected chi connectivity index (χ4v) is 2.46. The Morgan fingerprint density at radius 1 is 1.22 bits per heavy atom. The predicted octanol–water partition coefficient (Wildman–Crippen LogP) is 3.72. The van der Waals surface area contributed by atoms with Crippen molar-refractivity contribution in [3.8, 4) is 0 Å². The summed E-state index contributed by atoms with van der Waals surface area (Å²) < 4.78 is 0. The molecule has 96 valence electrons. The second-order valence-electron chi connectivity index (χ2n) is 5.57. The van der Waals surface area contributed by atoms with Crippen molar-refractivity contribution in [1.82, 2.24) is 4.98 Å². The van der Waals surface area contributed by atoms with Gasteiger partial charge < -0.3 is 5.11 Å². The number of nitrogens with zero attached hydrogens (tertiary/aromatic N) is 1. The van der Waals surface area contributed by atoms with Gasteiger partial charge in [-0.15, -0.1) is 11.3 Å². The third-order valence-corrected chi connectivity index (χ3v) is 3.91. The molecule has 0 radical (unpaired) electrons. The summed E-state index contributed by atoms with van der Waals surface area (Å²) in [5.74, 6) is 0. The van der Waals surface area contributed by atoms with Crippen LogP contribution in [0.15, 0.2) is 36.0 Å². The SMILES string of the molecule is CC(C)(C)c1ccc(CC(O)c2cncs2)cc1. The van der Waals surface area contributed by atoms with E-state index >= 15 is 0 Å². The molecule has 0 aliphatic rings. The monoisotopic (exact) mass is 261 g/mol. The zero-order chi connectivity index (χ0) is 13.2. The number of thiazole rings is 1. The first-order chi connectivity index (χ1) is 8.47. The van der Waals surface area contributed by atoms with Crippen molar-refractivity contribution in [2.24, 2.45) is 0 Å². The highest BCUT2D eigenvalue weighted by atomic mass is 32.1. The molecule has 1 aromatic heterocycles. The van der Waals surface area contributed by atoms with E-state index in [9.17, 15) is 5.11 Å². The average molecular weight is 261 g/mol. The maximum Gasteiger partial charge on any atom is 0.0938 e. The molecule has 1 aromatic carbocycles. The molecule has 2 nitrogen and oxygen atoms in total. The molecule has 0 spiro atoms. The first-order valence-corrected chi connectivity index (χ1v) is 7.00. The summed E-state index contributed by atoms with van der Waals surface area (Å²) in [7, 11) is 0. The highest BCUT2D eigenvalue weighted by Crippen LogP contribution is 2.25. The smallest absolute Gasteiger partial charge is 0.0938 e. The predicted molar refractivity (Wildman–Crippen MR) is 75.9 cm³/mol. The third kappa shape index (κ3) is 3.18. The molecule has 2 rings (SSSR count). The van der Waals surface area contributed by atoms with Crippen LogP contribution in [0.3, 0.4) is 0 Å². The van der Waals surface area contributed by atoms with Crippen LogP contribution in [0, 0.1) is 0 Å². The summed E-state index contributed by atoms with van der Waals surface area (Å²) in [6.07, 6.45) is 1.93. The molecule has 1 heterocycles. The molecule has 0 amide bonds. The molecule has 1 atom stereocenters. The Morgan fingerprint density at radius 2 is 1.89 bits per heavy atom. The molecule has 0 bridgehead atoms. The zero-order valence-electron chi connectivity index (χ0n) is 11.1. The largest absolute Gasteiger partial charge is 0.387 e. The Kier molecular flexibility index (Phi) is 3.83. The zero-order valence-corrected chi connectivity index (χ0v) is 11.9. The summed E-state index contributed by atoms with van der Waals surface area (Å²) in [5.41, 5.74) is 4.40. The fraction of sp³-hybridized carbons (Fsp3) is 0.400. The molecular formula is C15H19NOS. The molecule has 2 aromatic rings. The minimum absolute atomic E-state index is 0.175. The minimum atomic E-state index is -0.446. The number of aliphatic hydroxyl groups excluding tert-OH is 1. The Bertz CT molecular complexity index is 482. The van der Waals surface area contributed by atoms with Crippen LogP contribution < -0.4 is 0 Å². The first kappa shape index (κ1) is 13.2. The number of benzene rings is 1. The second kappa shape index (κ2) is 5.21. The normalized spacial score (nSPS) is 13.6. The van der Waals surface area contributed by atoms with Gasteiger partial charge in [-0.25, -0.2) is 0 Å². The standard InChI is InChI=1S/C15H19NOS/c1-15(2,3)12-6-4-11(5-7-12)8-13(17)14-9-16-10-18-14/h4-7,9-10,13,17H,8H2,1-3H3. The van der Waals surface area contributed by atoms with Gasteiger partial charge >= 0.3 is 0 Å². The van der Waals surface area contributed by atoms with Crippen LogP contribution in [-0.2, 0) is 11.8 Å². The Hall–Kier alpha value is -1.19. The topological polar surface area (TPSA) is 33.1 Å². The van der Waals surface area contributed by atoms with E-state index in [1.54, 1.807) is 11.7 Å². The number of hydrogen-bond donors (Lipinski definition) is 1. The molecule has 1 N–H and O–H groups in total. The van der Waals surface area contributed by atoms with Gasteiger partial charge in [-0.05, 0) is 16.5 Å². The lowest BCUT2D eigenvalue weighted by molar-refractivity contribution is 0.182. The molecule has 18 heavy (non-hydrogen) atoms. The molecule has 3 heteroatoms. The molecule has 0 saturated carbocycles. The van der Waals surface area contributed by atoms with Gasteiger partial charge in [0.2, 0.25) is 0 Å².